The molecule has 266 valence electrons. The van der Waals surface area contributed by atoms with Gasteiger partial charge < -0.3 is 29.7 Å². The number of nitrogen functional groups attached to an aromatic ring is 1. The Bertz CT molecular complexity index is 1990. The van der Waals surface area contributed by atoms with Crippen LogP contribution >= 0.6 is 7.75 Å². The van der Waals surface area contributed by atoms with Crippen molar-refractivity contribution in [2.45, 2.75) is 76.7 Å². The van der Waals surface area contributed by atoms with Crippen molar-refractivity contribution < 1.29 is 37.4 Å². The highest BCUT2D eigenvalue weighted by molar-refractivity contribution is 7.52. The van der Waals surface area contributed by atoms with Crippen LogP contribution in [0.15, 0.2) is 48.8 Å². The van der Waals surface area contributed by atoms with Crippen molar-refractivity contribution in [2.75, 3.05) is 30.9 Å². The van der Waals surface area contributed by atoms with E-state index in [-0.39, 0.29) is 35.4 Å². The number of nitrogens with one attached hydrogen (secondary N) is 1. The van der Waals surface area contributed by atoms with E-state index in [4.69, 9.17) is 30.7 Å². The van der Waals surface area contributed by atoms with Gasteiger partial charge in [0.05, 0.1) is 19.5 Å². The largest absolute Gasteiger partial charge is 0.464 e. The van der Waals surface area contributed by atoms with Crippen LogP contribution in [0.3, 0.4) is 0 Å². The molecule has 0 radical (unpaired) electrons. The Hall–Kier alpha value is -4.32. The van der Waals surface area contributed by atoms with E-state index in [1.807, 2.05) is 56.8 Å². The van der Waals surface area contributed by atoms with E-state index < -0.39 is 50.5 Å². The quantitative estimate of drug-likeness (QED) is 0.106. The number of terminal acetylenes is 1. The molecule has 0 amide bonds. The average molecular weight is 710 g/mol. The molecule has 2 aromatic heterocycles. The fourth-order valence-electron chi connectivity index (χ4n) is 5.65. The summed E-state index contributed by atoms with van der Waals surface area (Å²) in [5, 5.41) is 15.3. The fraction of sp³-hybridized carbons (Fsp3) is 0.471. The zero-order valence-corrected chi connectivity index (χ0v) is 29.3. The molecule has 1 aliphatic heterocycles. The lowest BCUT2D eigenvalue weighted by Crippen LogP contribution is -2.42. The molecule has 4 aromatic rings. The maximum absolute atomic E-state index is 16.6. The molecule has 1 saturated heterocycles. The van der Waals surface area contributed by atoms with Crippen LogP contribution in [0, 0.1) is 17.8 Å². The zero-order valence-electron chi connectivity index (χ0n) is 28.4. The highest BCUT2D eigenvalue weighted by Gasteiger charge is 2.58. The number of hydrogen-bond donors (Lipinski definition) is 3. The number of imidazole rings is 1. The van der Waals surface area contributed by atoms with E-state index >= 15 is 4.39 Å². The number of fused-ring (bicyclic) bond motifs is 2. The van der Waals surface area contributed by atoms with Crippen LogP contribution in [-0.4, -0.2) is 80.8 Å². The van der Waals surface area contributed by atoms with Gasteiger partial charge in [-0.15, -0.1) is 6.42 Å². The van der Waals surface area contributed by atoms with Gasteiger partial charge in [0.15, 0.2) is 23.2 Å². The number of alkyl halides is 1. The van der Waals surface area contributed by atoms with E-state index in [1.54, 1.807) is 24.3 Å². The summed E-state index contributed by atoms with van der Waals surface area (Å²) in [4.78, 5) is 27.9. The Kier molecular flexibility index (Phi) is 9.53. The van der Waals surface area contributed by atoms with Gasteiger partial charge in [0.1, 0.15) is 24.0 Å². The van der Waals surface area contributed by atoms with Crippen molar-refractivity contribution in [3.63, 3.8) is 0 Å². The van der Waals surface area contributed by atoms with Crippen LogP contribution in [-0.2, 0) is 23.4 Å². The number of nitrogens with two attached hydrogens (primary N) is 1. The second-order valence-electron chi connectivity index (χ2n) is 13.8. The number of benzene rings is 2. The summed E-state index contributed by atoms with van der Waals surface area (Å²) >= 11 is 0. The maximum atomic E-state index is 16.6. The van der Waals surface area contributed by atoms with Gasteiger partial charge >= 0.3 is 13.7 Å². The molecule has 0 unspecified atom stereocenters. The summed E-state index contributed by atoms with van der Waals surface area (Å²) in [5.41, 5.74) is 3.41. The third kappa shape index (κ3) is 7.12. The summed E-state index contributed by atoms with van der Waals surface area (Å²) in [6.45, 7) is 6.59. The molecule has 14 nitrogen and oxygen atoms in total. The Labute approximate surface area is 289 Å². The number of hydrogen-bond acceptors (Lipinski definition) is 12. The minimum absolute atomic E-state index is 0.0712. The minimum atomic E-state index is -4.47. The summed E-state index contributed by atoms with van der Waals surface area (Å²) in [7, 11) is -2.61. The molecule has 1 saturated carbocycles. The first-order valence-electron chi connectivity index (χ1n) is 16.2. The molecule has 3 heterocycles. The molecule has 2 aliphatic rings. The SMILES string of the molecule is C#C[C@@]1(F)[C@H](O)[C@@H](CO[P@@](=O)(N[C@H](C)C(=O)OCC(C)(C)C)Oc2cccc3ccccc23)O[C@H]1n1cnc2c(N(C)C3CC3)nc(N)nc21. The van der Waals surface area contributed by atoms with Crippen LogP contribution in [0.5, 0.6) is 5.75 Å². The molecule has 0 spiro atoms. The summed E-state index contributed by atoms with van der Waals surface area (Å²) in [6.07, 6.45) is 3.86. The molecule has 50 heavy (non-hydrogen) atoms. The Morgan fingerprint density at radius 3 is 2.70 bits per heavy atom. The van der Waals surface area contributed by atoms with E-state index in [0.29, 0.717) is 16.7 Å². The van der Waals surface area contributed by atoms with Crippen LogP contribution in [0.4, 0.5) is 16.2 Å². The number of aliphatic hydroxyl groups is 1. The Balaban J connectivity index is 1.27. The molecule has 2 aromatic carbocycles. The average Bonchev–Trinajstić information content (AvgIpc) is 3.80. The van der Waals surface area contributed by atoms with E-state index in [1.165, 1.54) is 17.8 Å². The number of ether oxygens (including phenoxy) is 2. The minimum Gasteiger partial charge on any atom is -0.464 e. The number of anilines is 2. The third-order valence-corrected chi connectivity index (χ3v) is 10.1. The van der Waals surface area contributed by atoms with Gasteiger partial charge in [0.25, 0.3) is 0 Å². The standard InChI is InChI=1S/C34H41FN7O7P/c1-7-34(35)27(43)25(48-31(34)42-19-37-26-28(41(6)22-15-16-22)38-32(36)39-29(26)42)17-47-50(45,40-20(2)30(44)46-18-33(3,4)5)49-24-14-10-12-21-11-8-9-13-23(21)24/h1,8-14,19-20,22,25,27,31,43H,15-18H2,2-6H3,(H,40,45)(H2,36,38,39)/t20-,25-,27-,31-,34-,50+/m1/s1. The molecule has 0 bridgehead atoms. The highest BCUT2D eigenvalue weighted by atomic mass is 31.2. The van der Waals surface area contributed by atoms with Crippen LogP contribution in [0.1, 0.15) is 46.8 Å². The van der Waals surface area contributed by atoms with Crippen molar-refractivity contribution in [3.05, 3.63) is 48.8 Å². The molecule has 6 rings (SSSR count). The van der Waals surface area contributed by atoms with Gasteiger partial charge in [-0.2, -0.15) is 15.1 Å². The zero-order chi connectivity index (χ0) is 36.0. The molecule has 6 atom stereocenters. The number of esters is 1. The van der Waals surface area contributed by atoms with Gasteiger partial charge in [-0.25, -0.2) is 13.9 Å². The predicted octanol–water partition coefficient (Wildman–Crippen LogP) is 4.53. The van der Waals surface area contributed by atoms with Crippen LogP contribution < -0.4 is 20.2 Å². The van der Waals surface area contributed by atoms with E-state index in [9.17, 15) is 14.5 Å². The Morgan fingerprint density at radius 2 is 2.00 bits per heavy atom. The number of rotatable bonds is 12. The maximum Gasteiger partial charge on any atom is 0.459 e. The lowest BCUT2D eigenvalue weighted by molar-refractivity contribution is -0.148. The third-order valence-electron chi connectivity index (χ3n) is 8.50. The lowest BCUT2D eigenvalue weighted by Gasteiger charge is -2.26. The lowest BCUT2D eigenvalue weighted by atomic mass is 9.97. The number of carbonyl (C=O) groups is 1. The molecular formula is C34H41FN7O7P. The van der Waals surface area contributed by atoms with Crippen molar-refractivity contribution in [3.8, 4) is 18.1 Å². The first-order valence-corrected chi connectivity index (χ1v) is 17.8. The molecule has 16 heteroatoms. The number of aromatic nitrogens is 4. The van der Waals surface area contributed by atoms with Crippen molar-refractivity contribution in [1.29, 1.82) is 0 Å². The van der Waals surface area contributed by atoms with E-state index in [0.717, 1.165) is 18.2 Å². The first-order chi connectivity index (χ1) is 23.6. The second-order valence-corrected chi connectivity index (χ2v) is 15.5. The topological polar surface area (TPSA) is 176 Å². The molecule has 1 aliphatic carbocycles. The van der Waals surface area contributed by atoms with Gasteiger partial charge in [-0.3, -0.25) is 13.9 Å². The summed E-state index contributed by atoms with van der Waals surface area (Å²) < 4.78 is 55.5. The van der Waals surface area contributed by atoms with Crippen molar-refractivity contribution in [1.82, 2.24) is 24.6 Å². The van der Waals surface area contributed by atoms with Gasteiger partial charge in [0, 0.05) is 18.5 Å². The molecule has 4 N–H and O–H groups in total. The number of aliphatic hydroxyl groups excluding tert-OH is 1. The second kappa shape index (κ2) is 13.4. The molecular weight excluding hydrogens is 668 g/mol. The predicted molar refractivity (Wildman–Crippen MR) is 185 cm³/mol. The molecule has 2 fully saturated rings. The number of halogens is 1. The van der Waals surface area contributed by atoms with Gasteiger partial charge in [-0.05, 0) is 36.6 Å². The van der Waals surface area contributed by atoms with Gasteiger partial charge in [0.2, 0.25) is 11.6 Å². The first kappa shape index (κ1) is 35.5. The highest BCUT2D eigenvalue weighted by Crippen LogP contribution is 2.49. The van der Waals surface area contributed by atoms with Crippen LogP contribution in [0.25, 0.3) is 21.9 Å². The Morgan fingerprint density at radius 1 is 1.28 bits per heavy atom. The summed E-state index contributed by atoms with van der Waals surface area (Å²) in [6, 6.07) is 11.5. The van der Waals surface area contributed by atoms with Crippen molar-refractivity contribution >= 4 is 47.4 Å². The smallest absolute Gasteiger partial charge is 0.459 e. The van der Waals surface area contributed by atoms with E-state index in [2.05, 4.69) is 20.0 Å². The fourth-order valence-corrected chi connectivity index (χ4v) is 7.17. The monoisotopic (exact) mass is 709 g/mol. The normalized spacial score (nSPS) is 24.1. The number of carbonyl (C=O) groups excluding carboxylic acids is 1. The van der Waals surface area contributed by atoms with Crippen molar-refractivity contribution in [2.24, 2.45) is 5.41 Å². The van der Waals surface area contributed by atoms with Gasteiger partial charge in [-0.1, -0.05) is 63.1 Å². The number of nitrogens with zero attached hydrogens (tertiary/aromatic N) is 5. The van der Waals surface area contributed by atoms with Crippen LogP contribution in [0.2, 0.25) is 0 Å². The summed E-state index contributed by atoms with van der Waals surface area (Å²) in [5.74, 6) is 1.91.